The Morgan fingerprint density at radius 3 is 2.57 bits per heavy atom. The minimum atomic E-state index is -1.16. The highest BCUT2D eigenvalue weighted by molar-refractivity contribution is 6.29. The van der Waals surface area contributed by atoms with Gasteiger partial charge in [0.2, 0.25) is 0 Å². The van der Waals surface area contributed by atoms with Gasteiger partial charge in [0.25, 0.3) is 0 Å². The van der Waals surface area contributed by atoms with Gasteiger partial charge in [0.05, 0.1) is 0 Å². The van der Waals surface area contributed by atoms with Crippen LogP contribution in [0.2, 0.25) is 0 Å². The fraction of sp³-hybridized carbons (Fsp3) is 0.0625. The Labute approximate surface area is 119 Å². The number of oxime groups is 1. The second-order valence-corrected chi connectivity index (χ2v) is 4.56. The summed E-state index contributed by atoms with van der Waals surface area (Å²) >= 11 is 0. The molecule has 0 saturated carbocycles. The highest BCUT2D eigenvalue weighted by Gasteiger charge is 2.40. The molecule has 2 aromatic rings. The molecule has 0 aliphatic carbocycles. The number of hydrogen-bond acceptors (Lipinski definition) is 4. The SMILES string of the molecule is O=C1ON=C(c2ccccc2)C1C(=O)c1cccc(F)c1. The van der Waals surface area contributed by atoms with Crippen molar-refractivity contribution in [2.75, 3.05) is 0 Å². The number of carbonyl (C=O) groups excluding carboxylic acids is 2. The Kier molecular flexibility index (Phi) is 3.31. The molecule has 1 aliphatic heterocycles. The summed E-state index contributed by atoms with van der Waals surface area (Å²) in [4.78, 5) is 28.9. The number of halogens is 1. The van der Waals surface area contributed by atoms with Gasteiger partial charge in [-0.2, -0.15) is 0 Å². The molecular formula is C16H10FNO3. The summed E-state index contributed by atoms with van der Waals surface area (Å²) in [5, 5.41) is 3.69. The first kappa shape index (κ1) is 13.2. The van der Waals surface area contributed by atoms with E-state index in [-0.39, 0.29) is 11.3 Å². The van der Waals surface area contributed by atoms with Gasteiger partial charge in [-0.05, 0) is 12.1 Å². The average Bonchev–Trinajstić information content (AvgIpc) is 2.89. The number of ketones is 1. The van der Waals surface area contributed by atoms with Crippen LogP contribution in [0.15, 0.2) is 59.8 Å². The largest absolute Gasteiger partial charge is 0.351 e. The zero-order valence-corrected chi connectivity index (χ0v) is 10.8. The Balaban J connectivity index is 1.98. The summed E-state index contributed by atoms with van der Waals surface area (Å²) in [6.45, 7) is 0. The highest BCUT2D eigenvalue weighted by atomic mass is 19.1. The van der Waals surface area contributed by atoms with Crippen molar-refractivity contribution in [2.45, 2.75) is 0 Å². The summed E-state index contributed by atoms with van der Waals surface area (Å²) in [5.74, 6) is -2.97. The minimum Gasteiger partial charge on any atom is -0.317 e. The van der Waals surface area contributed by atoms with Crippen LogP contribution in [-0.2, 0) is 9.63 Å². The Hall–Kier alpha value is -2.82. The molecule has 0 amide bonds. The lowest BCUT2D eigenvalue weighted by molar-refractivity contribution is -0.142. The van der Waals surface area contributed by atoms with Crippen LogP contribution >= 0.6 is 0 Å². The molecule has 0 aromatic heterocycles. The van der Waals surface area contributed by atoms with Crippen molar-refractivity contribution in [3.63, 3.8) is 0 Å². The van der Waals surface area contributed by atoms with Gasteiger partial charge in [0.15, 0.2) is 11.7 Å². The molecule has 0 N–H and O–H groups in total. The number of rotatable bonds is 3. The van der Waals surface area contributed by atoms with Crippen molar-refractivity contribution < 1.29 is 18.8 Å². The molecule has 0 fully saturated rings. The normalized spacial score (nSPS) is 17.3. The van der Waals surface area contributed by atoms with Gasteiger partial charge in [-0.25, -0.2) is 9.18 Å². The molecule has 0 spiro atoms. The number of carbonyl (C=O) groups is 2. The van der Waals surface area contributed by atoms with Crippen molar-refractivity contribution >= 4 is 17.5 Å². The van der Waals surface area contributed by atoms with Crippen LogP contribution in [0, 0.1) is 11.7 Å². The molecule has 4 nitrogen and oxygen atoms in total. The third-order valence-electron chi connectivity index (χ3n) is 3.18. The third kappa shape index (κ3) is 2.45. The molecule has 21 heavy (non-hydrogen) atoms. The lowest BCUT2D eigenvalue weighted by atomic mass is 9.90. The number of hydrogen-bond donors (Lipinski definition) is 0. The zero-order chi connectivity index (χ0) is 14.8. The Morgan fingerprint density at radius 1 is 1.10 bits per heavy atom. The lowest BCUT2D eigenvalue weighted by Crippen LogP contribution is -2.28. The minimum absolute atomic E-state index is 0.113. The van der Waals surface area contributed by atoms with E-state index in [1.165, 1.54) is 18.2 Å². The second-order valence-electron chi connectivity index (χ2n) is 4.56. The van der Waals surface area contributed by atoms with Gasteiger partial charge in [-0.3, -0.25) is 4.79 Å². The van der Waals surface area contributed by atoms with E-state index >= 15 is 0 Å². The molecule has 1 atom stereocenters. The predicted octanol–water partition coefficient (Wildman–Crippen LogP) is 2.59. The van der Waals surface area contributed by atoms with Crippen molar-refractivity contribution in [1.82, 2.24) is 0 Å². The van der Waals surface area contributed by atoms with E-state index in [0.29, 0.717) is 5.56 Å². The average molecular weight is 283 g/mol. The first-order valence-corrected chi connectivity index (χ1v) is 6.31. The summed E-state index contributed by atoms with van der Waals surface area (Å²) in [6.07, 6.45) is 0. The summed E-state index contributed by atoms with van der Waals surface area (Å²) < 4.78 is 13.2. The molecule has 1 heterocycles. The molecule has 1 unspecified atom stereocenters. The summed E-state index contributed by atoms with van der Waals surface area (Å²) in [7, 11) is 0. The van der Waals surface area contributed by atoms with Gasteiger partial charge in [-0.1, -0.05) is 47.6 Å². The molecule has 0 radical (unpaired) electrons. The molecule has 0 saturated heterocycles. The standard InChI is InChI=1S/C16H10FNO3/c17-12-8-4-7-11(9-12)15(19)13-14(18-21-16(13)20)10-5-2-1-3-6-10/h1-9,13H. The maximum absolute atomic E-state index is 13.2. The van der Waals surface area contributed by atoms with Crippen LogP contribution in [0.25, 0.3) is 0 Å². The van der Waals surface area contributed by atoms with Crippen LogP contribution in [0.5, 0.6) is 0 Å². The van der Waals surface area contributed by atoms with E-state index in [0.717, 1.165) is 6.07 Å². The fourth-order valence-electron chi connectivity index (χ4n) is 2.18. The van der Waals surface area contributed by atoms with Crippen molar-refractivity contribution in [3.8, 4) is 0 Å². The van der Waals surface area contributed by atoms with E-state index in [2.05, 4.69) is 9.99 Å². The Morgan fingerprint density at radius 2 is 1.86 bits per heavy atom. The van der Waals surface area contributed by atoms with Gasteiger partial charge < -0.3 is 4.84 Å². The van der Waals surface area contributed by atoms with Gasteiger partial charge in [0, 0.05) is 11.1 Å². The zero-order valence-electron chi connectivity index (χ0n) is 10.8. The van der Waals surface area contributed by atoms with E-state index in [4.69, 9.17) is 0 Å². The van der Waals surface area contributed by atoms with Crippen LogP contribution in [0.4, 0.5) is 4.39 Å². The van der Waals surface area contributed by atoms with Crippen molar-refractivity contribution in [3.05, 3.63) is 71.5 Å². The first-order valence-electron chi connectivity index (χ1n) is 6.31. The maximum Gasteiger partial charge on any atom is 0.351 e. The first-order chi connectivity index (χ1) is 10.2. The van der Waals surface area contributed by atoms with Crippen LogP contribution < -0.4 is 0 Å². The molecule has 1 aliphatic rings. The lowest BCUT2D eigenvalue weighted by Gasteiger charge is -2.08. The van der Waals surface area contributed by atoms with E-state index < -0.39 is 23.5 Å². The van der Waals surface area contributed by atoms with E-state index in [1.54, 1.807) is 24.3 Å². The molecule has 2 aromatic carbocycles. The van der Waals surface area contributed by atoms with Crippen molar-refractivity contribution in [2.24, 2.45) is 11.1 Å². The van der Waals surface area contributed by atoms with E-state index in [1.807, 2.05) is 6.07 Å². The highest BCUT2D eigenvalue weighted by Crippen LogP contribution is 2.23. The number of Topliss-reactive ketones (excluding diaryl/α,β-unsaturated/α-hetero) is 1. The second kappa shape index (κ2) is 5.28. The molecular weight excluding hydrogens is 273 g/mol. The topological polar surface area (TPSA) is 55.7 Å². The van der Waals surface area contributed by atoms with Crippen molar-refractivity contribution in [1.29, 1.82) is 0 Å². The van der Waals surface area contributed by atoms with Gasteiger partial charge in [-0.15, -0.1) is 0 Å². The number of benzene rings is 2. The smallest absolute Gasteiger partial charge is 0.317 e. The molecule has 3 rings (SSSR count). The monoisotopic (exact) mass is 283 g/mol. The number of nitrogens with zero attached hydrogens (tertiary/aromatic N) is 1. The molecule has 104 valence electrons. The Bertz CT molecular complexity index is 740. The summed E-state index contributed by atoms with van der Waals surface area (Å²) in [6, 6.07) is 14.0. The predicted molar refractivity (Wildman–Crippen MR) is 73.3 cm³/mol. The van der Waals surface area contributed by atoms with Gasteiger partial charge in [0.1, 0.15) is 11.5 Å². The van der Waals surface area contributed by atoms with Crippen LogP contribution in [-0.4, -0.2) is 17.5 Å². The van der Waals surface area contributed by atoms with E-state index in [9.17, 15) is 14.0 Å². The fourth-order valence-corrected chi connectivity index (χ4v) is 2.18. The maximum atomic E-state index is 13.2. The summed E-state index contributed by atoms with van der Waals surface area (Å²) in [5.41, 5.74) is 0.982. The molecule has 5 heteroatoms. The van der Waals surface area contributed by atoms with Crippen LogP contribution in [0.3, 0.4) is 0 Å². The quantitative estimate of drug-likeness (QED) is 0.494. The van der Waals surface area contributed by atoms with Gasteiger partial charge >= 0.3 is 5.97 Å². The third-order valence-corrected chi connectivity index (χ3v) is 3.18. The molecule has 0 bridgehead atoms. The van der Waals surface area contributed by atoms with Crippen LogP contribution in [0.1, 0.15) is 15.9 Å².